The van der Waals surface area contributed by atoms with Crippen molar-refractivity contribution in [3.05, 3.63) is 60.3 Å². The molecular formula is C21H18N6O3. The summed E-state index contributed by atoms with van der Waals surface area (Å²) in [6.45, 7) is 8.51. The van der Waals surface area contributed by atoms with Crippen LogP contribution in [0.2, 0.25) is 0 Å². The van der Waals surface area contributed by atoms with Crippen molar-refractivity contribution in [2.75, 3.05) is 31.6 Å². The molecule has 2 aromatic heterocycles. The molecule has 0 unspecified atom stereocenters. The van der Waals surface area contributed by atoms with Crippen molar-refractivity contribution in [3.63, 3.8) is 0 Å². The van der Waals surface area contributed by atoms with Gasteiger partial charge in [-0.3, -0.25) is 9.78 Å². The van der Waals surface area contributed by atoms with E-state index in [1.165, 1.54) is 6.20 Å². The van der Waals surface area contributed by atoms with E-state index in [0.717, 1.165) is 0 Å². The minimum atomic E-state index is -0.0744. The number of methoxy groups -OCH3 is 1. The van der Waals surface area contributed by atoms with Crippen LogP contribution in [0.1, 0.15) is 0 Å². The third kappa shape index (κ3) is 4.12. The smallest absolute Gasteiger partial charge is 0.246 e. The highest BCUT2D eigenvalue weighted by Crippen LogP contribution is 2.33. The summed E-state index contributed by atoms with van der Waals surface area (Å²) < 4.78 is 11.2. The molecule has 1 saturated heterocycles. The highest BCUT2D eigenvalue weighted by Gasteiger charge is 2.22. The molecule has 3 aromatic rings. The van der Waals surface area contributed by atoms with Gasteiger partial charge in [-0.1, -0.05) is 0 Å². The van der Waals surface area contributed by atoms with Crippen LogP contribution in [0.25, 0.3) is 16.2 Å². The molecule has 150 valence electrons. The number of amides is 1. The summed E-state index contributed by atoms with van der Waals surface area (Å²) in [5.41, 5.74) is 1.61. The Hall–Kier alpha value is -4.19. The predicted molar refractivity (Wildman–Crippen MR) is 110 cm³/mol. The number of carbonyl (C=O) groups is 1. The van der Waals surface area contributed by atoms with Gasteiger partial charge in [0.05, 0.1) is 26.4 Å². The van der Waals surface area contributed by atoms with Gasteiger partial charge in [-0.25, -0.2) is 9.83 Å². The number of hydrogen-bond acceptors (Lipinski definition) is 7. The van der Waals surface area contributed by atoms with E-state index >= 15 is 0 Å². The van der Waals surface area contributed by atoms with Crippen LogP contribution in [0, 0.1) is 6.57 Å². The van der Waals surface area contributed by atoms with E-state index in [4.69, 9.17) is 16.0 Å². The second kappa shape index (κ2) is 8.45. The number of rotatable bonds is 5. The van der Waals surface area contributed by atoms with Crippen molar-refractivity contribution < 1.29 is 14.3 Å². The third-order valence-corrected chi connectivity index (χ3v) is 4.50. The zero-order valence-electron chi connectivity index (χ0n) is 16.2. The number of ether oxygens (including phenoxy) is 2. The first-order valence-electron chi connectivity index (χ1n) is 9.20. The van der Waals surface area contributed by atoms with Gasteiger partial charge in [0.25, 0.3) is 0 Å². The molecule has 4 rings (SSSR count). The molecule has 0 saturated carbocycles. The maximum atomic E-state index is 11.9. The van der Waals surface area contributed by atoms with Crippen LogP contribution in [0.4, 0.5) is 11.4 Å². The Morgan fingerprint density at radius 1 is 1.17 bits per heavy atom. The first-order valence-corrected chi connectivity index (χ1v) is 9.20. The Kier molecular flexibility index (Phi) is 5.39. The number of carbonyl (C=O) groups excluding carboxylic acids is 1. The number of anilines is 1. The predicted octanol–water partition coefficient (Wildman–Crippen LogP) is 2.83. The fourth-order valence-electron chi connectivity index (χ4n) is 3.00. The average molecular weight is 402 g/mol. The lowest BCUT2D eigenvalue weighted by Gasteiger charge is -2.29. The minimum Gasteiger partial charge on any atom is -0.497 e. The van der Waals surface area contributed by atoms with E-state index in [1.807, 2.05) is 4.90 Å². The zero-order valence-corrected chi connectivity index (χ0v) is 16.2. The molecule has 0 radical (unpaired) electrons. The van der Waals surface area contributed by atoms with E-state index in [9.17, 15) is 4.79 Å². The van der Waals surface area contributed by atoms with E-state index < -0.39 is 0 Å². The van der Waals surface area contributed by atoms with Gasteiger partial charge in [-0.15, -0.1) is 0 Å². The molecular weight excluding hydrogens is 384 g/mol. The number of pyridine rings is 1. The fraction of sp³-hybridized carbons (Fsp3) is 0.190. The number of benzene rings is 1. The van der Waals surface area contributed by atoms with Gasteiger partial charge < -0.3 is 19.7 Å². The second-order valence-corrected chi connectivity index (χ2v) is 6.48. The monoisotopic (exact) mass is 402 g/mol. The molecule has 1 fully saturated rings. The largest absolute Gasteiger partial charge is 0.497 e. The standard InChI is InChI=1S/C21H18N6O3/c1-22-15-9-14(10-23-11-15)20-25-12-18(27-8-7-24-19(28)13-27)21(26-20)30-17-5-3-16(29-2)4-6-17/h3-6,9-12H,7-8,13H2,2H3,(H,24,28). The van der Waals surface area contributed by atoms with Crippen molar-refractivity contribution in [3.8, 4) is 28.8 Å². The van der Waals surface area contributed by atoms with Crippen LogP contribution < -0.4 is 19.7 Å². The maximum absolute atomic E-state index is 11.9. The molecule has 1 amide bonds. The van der Waals surface area contributed by atoms with Gasteiger partial charge in [-0.05, 0) is 30.3 Å². The van der Waals surface area contributed by atoms with E-state index in [0.29, 0.717) is 53.2 Å². The lowest BCUT2D eigenvalue weighted by molar-refractivity contribution is -0.120. The topological polar surface area (TPSA) is 93.8 Å². The Morgan fingerprint density at radius 2 is 1.97 bits per heavy atom. The number of nitrogens with one attached hydrogen (secondary N) is 1. The minimum absolute atomic E-state index is 0.0744. The number of piperazine rings is 1. The van der Waals surface area contributed by atoms with Crippen LogP contribution in [-0.4, -0.2) is 47.6 Å². The van der Waals surface area contributed by atoms with Gasteiger partial charge in [0, 0.05) is 31.0 Å². The molecule has 3 heterocycles. The van der Waals surface area contributed by atoms with Crippen LogP contribution in [-0.2, 0) is 4.79 Å². The zero-order chi connectivity index (χ0) is 20.9. The molecule has 1 aromatic carbocycles. The summed E-state index contributed by atoms with van der Waals surface area (Å²) in [4.78, 5) is 30.2. The third-order valence-electron chi connectivity index (χ3n) is 4.50. The molecule has 1 aliphatic heterocycles. The molecule has 9 nitrogen and oxygen atoms in total. The molecule has 0 aliphatic carbocycles. The summed E-state index contributed by atoms with van der Waals surface area (Å²) in [5.74, 6) is 1.89. The van der Waals surface area contributed by atoms with Crippen molar-refractivity contribution in [2.24, 2.45) is 0 Å². The van der Waals surface area contributed by atoms with Gasteiger partial charge in [0.1, 0.15) is 17.2 Å². The lowest BCUT2D eigenvalue weighted by atomic mass is 10.2. The number of nitrogens with zero attached hydrogens (tertiary/aromatic N) is 5. The lowest BCUT2D eigenvalue weighted by Crippen LogP contribution is -2.47. The molecule has 1 N–H and O–H groups in total. The van der Waals surface area contributed by atoms with Gasteiger partial charge in [0.2, 0.25) is 17.5 Å². The SMILES string of the molecule is [C-]#[N+]c1cncc(-c2ncc(N3CCNC(=O)C3)c(Oc3ccc(OC)cc3)n2)c1. The quantitative estimate of drug-likeness (QED) is 0.656. The Morgan fingerprint density at radius 3 is 2.70 bits per heavy atom. The Labute approximate surface area is 173 Å². The average Bonchev–Trinajstić information content (AvgIpc) is 2.79. The number of hydrogen-bond donors (Lipinski definition) is 1. The van der Waals surface area contributed by atoms with Crippen molar-refractivity contribution in [2.45, 2.75) is 0 Å². The molecule has 1 aliphatic rings. The van der Waals surface area contributed by atoms with Gasteiger partial charge in [0.15, 0.2) is 5.82 Å². The number of aromatic nitrogens is 3. The Balaban J connectivity index is 1.73. The molecule has 9 heteroatoms. The van der Waals surface area contributed by atoms with Crippen LogP contribution in [0.15, 0.2) is 48.9 Å². The molecule has 0 spiro atoms. The highest BCUT2D eigenvalue weighted by atomic mass is 16.5. The van der Waals surface area contributed by atoms with Gasteiger partial charge in [-0.2, -0.15) is 4.98 Å². The maximum Gasteiger partial charge on any atom is 0.246 e. The van der Waals surface area contributed by atoms with E-state index in [-0.39, 0.29) is 12.5 Å². The van der Waals surface area contributed by atoms with Crippen LogP contribution in [0.5, 0.6) is 17.4 Å². The normalized spacial score (nSPS) is 13.3. The summed E-state index contributed by atoms with van der Waals surface area (Å²) in [7, 11) is 1.59. The molecule has 0 bridgehead atoms. The summed E-state index contributed by atoms with van der Waals surface area (Å²) in [6.07, 6.45) is 4.70. The van der Waals surface area contributed by atoms with Crippen molar-refractivity contribution in [1.29, 1.82) is 0 Å². The first-order chi connectivity index (χ1) is 14.7. The summed E-state index contributed by atoms with van der Waals surface area (Å²) in [5, 5.41) is 2.80. The fourth-order valence-corrected chi connectivity index (χ4v) is 3.00. The van der Waals surface area contributed by atoms with Crippen LogP contribution in [0.3, 0.4) is 0 Å². The summed E-state index contributed by atoms with van der Waals surface area (Å²) >= 11 is 0. The van der Waals surface area contributed by atoms with Crippen LogP contribution >= 0.6 is 0 Å². The van der Waals surface area contributed by atoms with Crippen molar-refractivity contribution in [1.82, 2.24) is 20.3 Å². The Bertz CT molecular complexity index is 1110. The summed E-state index contributed by atoms with van der Waals surface area (Å²) in [6, 6.07) is 8.78. The second-order valence-electron chi connectivity index (χ2n) is 6.48. The van der Waals surface area contributed by atoms with Crippen molar-refractivity contribution >= 4 is 17.3 Å². The van der Waals surface area contributed by atoms with E-state index in [2.05, 4.69) is 25.1 Å². The van der Waals surface area contributed by atoms with Gasteiger partial charge >= 0.3 is 0 Å². The first kappa shape index (κ1) is 19.1. The highest BCUT2D eigenvalue weighted by molar-refractivity contribution is 5.83. The molecule has 30 heavy (non-hydrogen) atoms. The molecule has 0 atom stereocenters. The van der Waals surface area contributed by atoms with E-state index in [1.54, 1.807) is 49.8 Å².